The van der Waals surface area contributed by atoms with E-state index in [1.807, 2.05) is 18.2 Å². The molecule has 7 N–H and O–H groups in total. The second-order valence-corrected chi connectivity index (χ2v) is 7.05. The predicted octanol–water partition coefficient (Wildman–Crippen LogP) is 2.55. The standard InChI is InChI=1S/C22H21N5O5/c23-20(24)12-4-5-16(28)17(9-12)32-19-11-14(22(29)30)10-18(27-19)31-15-3-1-2-13(8-15)21-25-6-7-26-21/h1-5,8-11,21,25-26,28H,6-7H2,(H3,23,24)(H,29,30). The Morgan fingerprint density at radius 3 is 2.44 bits per heavy atom. The molecule has 1 aromatic heterocycles. The Kier molecular flexibility index (Phi) is 5.88. The number of nitrogens with one attached hydrogen (secondary N) is 3. The van der Waals surface area contributed by atoms with Crippen molar-refractivity contribution in [2.75, 3.05) is 13.1 Å². The van der Waals surface area contributed by atoms with Crippen LogP contribution in [0.5, 0.6) is 29.0 Å². The van der Waals surface area contributed by atoms with Gasteiger partial charge >= 0.3 is 5.97 Å². The van der Waals surface area contributed by atoms with E-state index in [1.165, 1.54) is 30.3 Å². The summed E-state index contributed by atoms with van der Waals surface area (Å²) in [5.41, 5.74) is 6.67. The summed E-state index contributed by atoms with van der Waals surface area (Å²) >= 11 is 0. The molecule has 0 unspecified atom stereocenters. The Morgan fingerprint density at radius 2 is 1.75 bits per heavy atom. The van der Waals surface area contributed by atoms with Crippen LogP contribution in [-0.4, -0.2) is 40.1 Å². The van der Waals surface area contributed by atoms with Gasteiger partial charge in [-0.25, -0.2) is 4.79 Å². The number of phenolic OH excluding ortho intramolecular Hbond substituents is 1. The molecule has 2 heterocycles. The van der Waals surface area contributed by atoms with E-state index in [0.29, 0.717) is 11.3 Å². The molecule has 1 aliphatic rings. The van der Waals surface area contributed by atoms with Gasteiger partial charge in [0.2, 0.25) is 11.8 Å². The van der Waals surface area contributed by atoms with Crippen molar-refractivity contribution >= 4 is 11.8 Å². The average molecular weight is 435 g/mol. The summed E-state index contributed by atoms with van der Waals surface area (Å²) < 4.78 is 11.4. The highest BCUT2D eigenvalue weighted by Crippen LogP contribution is 2.33. The normalized spacial score (nSPS) is 13.6. The van der Waals surface area contributed by atoms with Crippen molar-refractivity contribution in [3.8, 4) is 29.0 Å². The molecule has 164 valence electrons. The summed E-state index contributed by atoms with van der Waals surface area (Å²) in [4.78, 5) is 15.8. The van der Waals surface area contributed by atoms with Gasteiger partial charge in [-0.15, -0.1) is 0 Å². The number of hydrogen-bond acceptors (Lipinski definition) is 8. The minimum atomic E-state index is -1.20. The van der Waals surface area contributed by atoms with Crippen molar-refractivity contribution in [3.05, 3.63) is 71.3 Å². The summed E-state index contributed by atoms with van der Waals surface area (Å²) in [5, 5.41) is 33.7. The number of nitrogens with two attached hydrogens (primary N) is 1. The lowest BCUT2D eigenvalue weighted by Gasteiger charge is -2.14. The fourth-order valence-electron chi connectivity index (χ4n) is 3.20. The molecule has 1 saturated heterocycles. The SMILES string of the molecule is N=C(N)c1ccc(O)c(Oc2cc(C(=O)O)cc(Oc3cccc(C4NCCN4)c3)n2)c1. The molecule has 1 fully saturated rings. The number of rotatable bonds is 7. The van der Waals surface area contributed by atoms with Gasteiger partial charge in [-0.2, -0.15) is 4.98 Å². The maximum Gasteiger partial charge on any atom is 0.336 e. The van der Waals surface area contributed by atoms with Crippen LogP contribution in [0.3, 0.4) is 0 Å². The van der Waals surface area contributed by atoms with Crippen LogP contribution < -0.4 is 25.8 Å². The molecule has 2 aromatic carbocycles. The Labute approximate surface area is 183 Å². The van der Waals surface area contributed by atoms with Crippen molar-refractivity contribution in [3.63, 3.8) is 0 Å². The Hall–Kier alpha value is -4.15. The zero-order valence-electron chi connectivity index (χ0n) is 16.8. The van der Waals surface area contributed by atoms with Crippen LogP contribution in [0.25, 0.3) is 0 Å². The Bertz CT molecular complexity index is 1180. The number of phenols is 1. The number of aromatic hydroxyl groups is 1. The lowest BCUT2D eigenvalue weighted by Crippen LogP contribution is -2.20. The molecule has 0 bridgehead atoms. The van der Waals surface area contributed by atoms with E-state index < -0.39 is 5.97 Å². The van der Waals surface area contributed by atoms with Crippen molar-refractivity contribution in [2.24, 2.45) is 5.73 Å². The number of pyridine rings is 1. The predicted molar refractivity (Wildman–Crippen MR) is 116 cm³/mol. The van der Waals surface area contributed by atoms with E-state index in [9.17, 15) is 15.0 Å². The number of hydrogen-bond donors (Lipinski definition) is 6. The topological polar surface area (TPSA) is 163 Å². The minimum absolute atomic E-state index is 0.00611. The first kappa shape index (κ1) is 21.1. The van der Waals surface area contributed by atoms with E-state index in [2.05, 4.69) is 15.6 Å². The molecule has 3 aromatic rings. The summed E-state index contributed by atoms with van der Waals surface area (Å²) in [6.07, 6.45) is 0.00675. The van der Waals surface area contributed by atoms with Crippen molar-refractivity contribution < 1.29 is 24.5 Å². The van der Waals surface area contributed by atoms with E-state index in [0.717, 1.165) is 18.7 Å². The largest absolute Gasteiger partial charge is 0.504 e. The highest BCUT2D eigenvalue weighted by Gasteiger charge is 2.17. The van der Waals surface area contributed by atoms with E-state index in [1.54, 1.807) is 6.07 Å². The number of amidine groups is 1. The zero-order chi connectivity index (χ0) is 22.7. The highest BCUT2D eigenvalue weighted by atomic mass is 16.5. The lowest BCUT2D eigenvalue weighted by molar-refractivity contribution is 0.0696. The van der Waals surface area contributed by atoms with Gasteiger partial charge in [0.05, 0.1) is 11.7 Å². The molecule has 0 radical (unpaired) electrons. The van der Waals surface area contributed by atoms with Crippen LogP contribution in [0.4, 0.5) is 0 Å². The molecule has 10 heteroatoms. The number of carboxylic acids is 1. The third-order valence-electron chi connectivity index (χ3n) is 4.75. The number of carboxylic acid groups (broad SMARTS) is 1. The van der Waals surface area contributed by atoms with Crippen LogP contribution in [0.1, 0.15) is 27.7 Å². The fraction of sp³-hybridized carbons (Fsp3) is 0.136. The molecule has 0 spiro atoms. The van der Waals surface area contributed by atoms with Crippen molar-refractivity contribution in [2.45, 2.75) is 6.17 Å². The van der Waals surface area contributed by atoms with E-state index >= 15 is 0 Å². The van der Waals surface area contributed by atoms with Gasteiger partial charge in [0.15, 0.2) is 11.5 Å². The van der Waals surface area contributed by atoms with Gasteiger partial charge in [0.1, 0.15) is 11.6 Å². The summed E-state index contributed by atoms with van der Waals surface area (Å²) in [7, 11) is 0. The monoisotopic (exact) mass is 435 g/mol. The van der Waals surface area contributed by atoms with Gasteiger partial charge in [0.25, 0.3) is 0 Å². The van der Waals surface area contributed by atoms with Crippen molar-refractivity contribution in [1.82, 2.24) is 15.6 Å². The molecule has 0 saturated carbocycles. The maximum absolute atomic E-state index is 11.6. The zero-order valence-corrected chi connectivity index (χ0v) is 16.8. The van der Waals surface area contributed by atoms with Crippen molar-refractivity contribution in [1.29, 1.82) is 5.41 Å². The summed E-state index contributed by atoms with van der Waals surface area (Å²) in [5.74, 6) is -1.28. The average Bonchev–Trinajstić information content (AvgIpc) is 3.30. The number of ether oxygens (including phenoxy) is 2. The smallest absolute Gasteiger partial charge is 0.336 e. The molecular formula is C22H21N5O5. The van der Waals surface area contributed by atoms with Gasteiger partial charge < -0.3 is 25.4 Å². The number of carbonyl (C=O) groups is 1. The van der Waals surface area contributed by atoms with Crippen LogP contribution in [0, 0.1) is 5.41 Å². The molecule has 1 aliphatic heterocycles. The third kappa shape index (κ3) is 4.77. The lowest BCUT2D eigenvalue weighted by atomic mass is 10.1. The molecule has 10 nitrogen and oxygen atoms in total. The summed E-state index contributed by atoms with van der Waals surface area (Å²) in [6.45, 7) is 1.71. The first-order chi connectivity index (χ1) is 15.4. The first-order valence-electron chi connectivity index (χ1n) is 9.74. The second-order valence-electron chi connectivity index (χ2n) is 7.05. The molecule has 0 amide bonds. The van der Waals surface area contributed by atoms with Gasteiger partial charge in [0, 0.05) is 30.8 Å². The molecule has 0 aliphatic carbocycles. The molecule has 32 heavy (non-hydrogen) atoms. The molecule has 4 rings (SSSR count). The number of benzene rings is 2. The quantitative estimate of drug-likeness (QED) is 0.242. The first-order valence-corrected chi connectivity index (χ1v) is 9.74. The number of nitrogens with zero attached hydrogens (tertiary/aromatic N) is 1. The Balaban J connectivity index is 1.63. The van der Waals surface area contributed by atoms with Gasteiger partial charge in [-0.3, -0.25) is 16.0 Å². The minimum Gasteiger partial charge on any atom is -0.504 e. The molecular weight excluding hydrogens is 414 g/mol. The fourth-order valence-corrected chi connectivity index (χ4v) is 3.20. The Morgan fingerprint density at radius 1 is 1.03 bits per heavy atom. The van der Waals surface area contributed by atoms with Crippen LogP contribution in [-0.2, 0) is 0 Å². The van der Waals surface area contributed by atoms with Gasteiger partial charge in [-0.05, 0) is 35.9 Å². The van der Waals surface area contributed by atoms with Crippen LogP contribution in [0.2, 0.25) is 0 Å². The molecule has 0 atom stereocenters. The van der Waals surface area contributed by atoms with Crippen LogP contribution in [0.15, 0.2) is 54.6 Å². The summed E-state index contributed by atoms with van der Waals surface area (Å²) in [6, 6.07) is 14.0. The van der Waals surface area contributed by atoms with E-state index in [4.69, 9.17) is 20.6 Å². The third-order valence-corrected chi connectivity index (χ3v) is 4.75. The van der Waals surface area contributed by atoms with E-state index in [-0.39, 0.29) is 40.8 Å². The van der Waals surface area contributed by atoms with Gasteiger partial charge in [-0.1, -0.05) is 12.1 Å². The second kappa shape index (κ2) is 8.92. The highest BCUT2D eigenvalue weighted by molar-refractivity contribution is 5.95. The number of aromatic carboxylic acids is 1. The number of aromatic nitrogens is 1. The maximum atomic E-state index is 11.6. The van der Waals surface area contributed by atoms with Crippen LogP contribution >= 0.6 is 0 Å². The number of nitrogen functional groups attached to an aromatic ring is 1.